The Kier molecular flexibility index (Phi) is 7.24. The molecular weight excluding hydrogens is 431 g/mol. The van der Waals surface area contributed by atoms with Crippen molar-refractivity contribution in [1.82, 2.24) is 9.55 Å². The highest BCUT2D eigenvalue weighted by Crippen LogP contribution is 2.30. The fourth-order valence-electron chi connectivity index (χ4n) is 2.75. The first kappa shape index (κ1) is 22.7. The van der Waals surface area contributed by atoms with Crippen molar-refractivity contribution >= 4 is 23.4 Å². The van der Waals surface area contributed by atoms with Crippen molar-refractivity contribution in [3.8, 4) is 5.75 Å². The highest BCUT2D eigenvalue weighted by molar-refractivity contribution is 7.99. The fraction of sp³-hybridized carbons (Fsp3) is 0.238. The molecule has 0 aliphatic carbocycles. The van der Waals surface area contributed by atoms with Crippen LogP contribution in [0.3, 0.4) is 0 Å². The Hall–Kier alpha value is -2.98. The van der Waals surface area contributed by atoms with Crippen LogP contribution in [0.2, 0.25) is 0 Å². The van der Waals surface area contributed by atoms with Gasteiger partial charge in [-0.2, -0.15) is 13.2 Å². The van der Waals surface area contributed by atoms with Gasteiger partial charge in [0.05, 0.1) is 30.7 Å². The fourth-order valence-corrected chi connectivity index (χ4v) is 3.55. The molecule has 0 bridgehead atoms. The second kappa shape index (κ2) is 9.88. The molecule has 1 aromatic heterocycles. The number of nitrogens with zero attached hydrogens (tertiary/aromatic N) is 2. The predicted octanol–water partition coefficient (Wildman–Crippen LogP) is 4.18. The normalized spacial score (nSPS) is 11.4. The van der Waals surface area contributed by atoms with Gasteiger partial charge in [-0.15, -0.1) is 0 Å². The van der Waals surface area contributed by atoms with E-state index in [4.69, 9.17) is 4.74 Å². The summed E-state index contributed by atoms with van der Waals surface area (Å²) in [6.45, 7) is 0.251. The third-order valence-electron chi connectivity index (χ3n) is 4.29. The Morgan fingerprint density at radius 2 is 1.84 bits per heavy atom. The molecule has 0 saturated carbocycles. The van der Waals surface area contributed by atoms with Crippen LogP contribution in [0.25, 0.3) is 0 Å². The average molecular weight is 451 g/mol. The monoisotopic (exact) mass is 451 g/mol. The number of ether oxygens (including phenoxy) is 1. The van der Waals surface area contributed by atoms with Gasteiger partial charge in [0.1, 0.15) is 5.75 Å². The summed E-state index contributed by atoms with van der Waals surface area (Å²) in [5, 5.41) is 12.5. The van der Waals surface area contributed by atoms with E-state index < -0.39 is 11.7 Å². The van der Waals surface area contributed by atoms with Gasteiger partial charge in [0.2, 0.25) is 5.91 Å². The molecule has 3 aromatic rings. The minimum Gasteiger partial charge on any atom is -0.497 e. The van der Waals surface area contributed by atoms with Crippen LogP contribution in [-0.4, -0.2) is 33.4 Å². The van der Waals surface area contributed by atoms with Gasteiger partial charge in [0.15, 0.2) is 5.16 Å². The van der Waals surface area contributed by atoms with Crippen LogP contribution in [0.5, 0.6) is 5.75 Å². The molecule has 0 unspecified atom stereocenters. The Balaban J connectivity index is 1.62. The summed E-state index contributed by atoms with van der Waals surface area (Å²) in [6.07, 6.45) is -2.72. The summed E-state index contributed by atoms with van der Waals surface area (Å²) in [7, 11) is 1.59. The molecule has 0 atom stereocenters. The maximum absolute atomic E-state index is 12.6. The number of anilines is 1. The summed E-state index contributed by atoms with van der Waals surface area (Å²) in [5.41, 5.74) is 0.950. The number of carbonyl (C=O) groups is 1. The number of aromatic nitrogens is 2. The molecule has 0 aliphatic rings. The van der Waals surface area contributed by atoms with Crippen molar-refractivity contribution in [3.05, 3.63) is 71.5 Å². The number of benzene rings is 2. The first-order valence-corrected chi connectivity index (χ1v) is 10.2. The Labute approximate surface area is 181 Å². The lowest BCUT2D eigenvalue weighted by Gasteiger charge is -2.10. The quantitative estimate of drug-likeness (QED) is 0.503. The van der Waals surface area contributed by atoms with E-state index in [2.05, 4.69) is 10.3 Å². The zero-order chi connectivity index (χ0) is 22.4. The van der Waals surface area contributed by atoms with Gasteiger partial charge in [-0.1, -0.05) is 23.9 Å². The highest BCUT2D eigenvalue weighted by Gasteiger charge is 2.30. The number of carbonyl (C=O) groups excluding carboxylic acids is 1. The van der Waals surface area contributed by atoms with Crippen molar-refractivity contribution in [2.75, 3.05) is 18.2 Å². The van der Waals surface area contributed by atoms with Gasteiger partial charge in [-0.3, -0.25) is 4.79 Å². The smallest absolute Gasteiger partial charge is 0.416 e. The lowest BCUT2D eigenvalue weighted by Crippen LogP contribution is -2.15. The van der Waals surface area contributed by atoms with Crippen molar-refractivity contribution in [2.45, 2.75) is 24.5 Å². The predicted molar refractivity (Wildman–Crippen MR) is 111 cm³/mol. The summed E-state index contributed by atoms with van der Waals surface area (Å²) >= 11 is 1.17. The molecular formula is C21H20F3N3O3S. The third kappa shape index (κ3) is 6.25. The van der Waals surface area contributed by atoms with E-state index >= 15 is 0 Å². The molecule has 3 rings (SSSR count). The molecule has 1 heterocycles. The average Bonchev–Trinajstić information content (AvgIpc) is 3.14. The van der Waals surface area contributed by atoms with E-state index in [1.54, 1.807) is 13.3 Å². The van der Waals surface area contributed by atoms with E-state index in [-0.39, 0.29) is 24.0 Å². The lowest BCUT2D eigenvalue weighted by molar-refractivity contribution is -0.137. The van der Waals surface area contributed by atoms with E-state index in [0.717, 1.165) is 23.4 Å². The van der Waals surface area contributed by atoms with Crippen molar-refractivity contribution < 1.29 is 27.8 Å². The number of methoxy groups -OCH3 is 1. The number of nitrogens with one attached hydrogen (secondary N) is 1. The number of rotatable bonds is 8. The third-order valence-corrected chi connectivity index (χ3v) is 5.28. The number of hydrogen-bond donors (Lipinski definition) is 2. The molecule has 164 valence electrons. The number of aliphatic hydroxyl groups excluding tert-OH is 1. The highest BCUT2D eigenvalue weighted by atomic mass is 32.2. The Morgan fingerprint density at radius 3 is 2.42 bits per heavy atom. The van der Waals surface area contributed by atoms with Crippen LogP contribution in [0.4, 0.5) is 18.9 Å². The van der Waals surface area contributed by atoms with Crippen molar-refractivity contribution in [3.63, 3.8) is 0 Å². The van der Waals surface area contributed by atoms with E-state index in [1.807, 2.05) is 28.8 Å². The molecule has 31 heavy (non-hydrogen) atoms. The summed E-state index contributed by atoms with van der Waals surface area (Å²) in [5.74, 6) is 0.361. The molecule has 6 nitrogen and oxygen atoms in total. The van der Waals surface area contributed by atoms with Gasteiger partial charge in [0, 0.05) is 18.4 Å². The molecule has 2 aromatic carbocycles. The minimum absolute atomic E-state index is 0.00547. The van der Waals surface area contributed by atoms with Crippen LogP contribution in [0.1, 0.15) is 16.8 Å². The topological polar surface area (TPSA) is 76.4 Å². The van der Waals surface area contributed by atoms with E-state index in [0.29, 0.717) is 17.4 Å². The first-order chi connectivity index (χ1) is 14.8. The number of amides is 1. The van der Waals surface area contributed by atoms with Crippen LogP contribution in [0.15, 0.2) is 59.9 Å². The van der Waals surface area contributed by atoms with Crippen LogP contribution >= 0.6 is 11.8 Å². The zero-order valence-electron chi connectivity index (χ0n) is 16.5. The maximum atomic E-state index is 12.6. The standard InChI is InChI=1S/C21H20F3N3O3S/c1-30-18-8-2-14(3-9-18)10-27-11-17(12-28)26-20(27)31-13-19(29)25-16-6-4-15(5-7-16)21(22,23)24/h2-9,11,28H,10,12-13H2,1H3,(H,25,29). The van der Waals surface area contributed by atoms with Gasteiger partial charge in [-0.05, 0) is 42.0 Å². The Morgan fingerprint density at radius 1 is 1.16 bits per heavy atom. The molecule has 0 aliphatic heterocycles. The summed E-state index contributed by atoms with van der Waals surface area (Å²) in [4.78, 5) is 16.6. The molecule has 0 spiro atoms. The lowest BCUT2D eigenvalue weighted by atomic mass is 10.2. The molecule has 0 fully saturated rings. The van der Waals surface area contributed by atoms with E-state index in [9.17, 15) is 23.1 Å². The van der Waals surface area contributed by atoms with Gasteiger partial charge >= 0.3 is 6.18 Å². The first-order valence-electron chi connectivity index (χ1n) is 9.18. The molecule has 10 heteroatoms. The van der Waals surface area contributed by atoms with Crippen LogP contribution in [0, 0.1) is 0 Å². The molecule has 0 saturated heterocycles. The van der Waals surface area contributed by atoms with Crippen LogP contribution in [-0.2, 0) is 24.1 Å². The zero-order valence-corrected chi connectivity index (χ0v) is 17.3. The molecule has 0 radical (unpaired) electrons. The minimum atomic E-state index is -4.43. The van der Waals surface area contributed by atoms with Crippen molar-refractivity contribution in [1.29, 1.82) is 0 Å². The Bertz CT molecular complexity index is 1020. The van der Waals surface area contributed by atoms with Gasteiger partial charge in [-0.25, -0.2) is 4.98 Å². The SMILES string of the molecule is COc1ccc(Cn2cc(CO)nc2SCC(=O)Nc2ccc(C(F)(F)F)cc2)cc1. The summed E-state index contributed by atoms with van der Waals surface area (Å²) in [6, 6.07) is 11.7. The second-order valence-corrected chi connectivity index (χ2v) is 7.50. The summed E-state index contributed by atoms with van der Waals surface area (Å²) < 4.78 is 44.9. The number of thioether (sulfide) groups is 1. The van der Waals surface area contributed by atoms with Crippen LogP contribution < -0.4 is 10.1 Å². The number of hydrogen-bond acceptors (Lipinski definition) is 5. The second-order valence-electron chi connectivity index (χ2n) is 6.56. The largest absolute Gasteiger partial charge is 0.497 e. The number of alkyl halides is 3. The molecule has 2 N–H and O–H groups in total. The number of halogens is 3. The number of imidazole rings is 1. The maximum Gasteiger partial charge on any atom is 0.416 e. The molecule has 1 amide bonds. The van der Waals surface area contributed by atoms with Gasteiger partial charge < -0.3 is 19.7 Å². The van der Waals surface area contributed by atoms with E-state index in [1.165, 1.54) is 23.9 Å². The number of aliphatic hydroxyl groups is 1. The van der Waals surface area contributed by atoms with Gasteiger partial charge in [0.25, 0.3) is 0 Å². The van der Waals surface area contributed by atoms with Crippen molar-refractivity contribution in [2.24, 2.45) is 0 Å².